The number of carbonyl (C=O) groups excluding carboxylic acids is 2. The molecule has 0 saturated carbocycles. The van der Waals surface area contributed by atoms with Crippen molar-refractivity contribution in [1.29, 1.82) is 0 Å². The molecule has 5 heteroatoms. The van der Waals surface area contributed by atoms with Crippen molar-refractivity contribution in [3.8, 4) is 0 Å². The van der Waals surface area contributed by atoms with Gasteiger partial charge >= 0.3 is 11.9 Å². The highest BCUT2D eigenvalue weighted by Gasteiger charge is 2.14. The molecule has 0 heterocycles. The molecule has 0 aliphatic rings. The van der Waals surface area contributed by atoms with Crippen LogP contribution < -0.4 is 0 Å². The summed E-state index contributed by atoms with van der Waals surface area (Å²) >= 11 is 1.68. The number of esters is 2. The van der Waals surface area contributed by atoms with Gasteiger partial charge in [-0.1, -0.05) is 207 Å². The zero-order chi connectivity index (χ0) is 37.3. The van der Waals surface area contributed by atoms with Gasteiger partial charge in [-0.3, -0.25) is 9.59 Å². The zero-order valence-corrected chi connectivity index (χ0v) is 35.9. The summed E-state index contributed by atoms with van der Waals surface area (Å²) in [5, 5.41) is 0. The topological polar surface area (TPSA) is 52.6 Å². The van der Waals surface area contributed by atoms with E-state index in [2.05, 4.69) is 27.7 Å². The average molecular weight is 739 g/mol. The number of rotatable bonds is 42. The normalized spacial score (nSPS) is 12.6. The molecule has 0 aliphatic heterocycles. The van der Waals surface area contributed by atoms with Crippen molar-refractivity contribution in [2.75, 3.05) is 24.7 Å². The van der Waals surface area contributed by atoms with Gasteiger partial charge in [0.1, 0.15) is 0 Å². The number of thioether (sulfide) groups is 1. The lowest BCUT2D eigenvalue weighted by atomic mass is 9.94. The Bertz CT molecular complexity index is 655. The van der Waals surface area contributed by atoms with E-state index in [-0.39, 0.29) is 11.9 Å². The van der Waals surface area contributed by atoms with E-state index in [1.54, 1.807) is 11.8 Å². The SMILES string of the molecule is CCCCCCCCCCC(CCCCCCCC)COC(=O)CCSCCC(=O)OCC(CCCCCCCC)CCCCCCCCCC. The van der Waals surface area contributed by atoms with Crippen LogP contribution in [0.3, 0.4) is 0 Å². The summed E-state index contributed by atoms with van der Waals surface area (Å²) in [5.41, 5.74) is 0. The number of ether oxygens (including phenoxy) is 2. The van der Waals surface area contributed by atoms with E-state index in [1.165, 1.54) is 205 Å². The van der Waals surface area contributed by atoms with Crippen LogP contribution >= 0.6 is 11.8 Å². The van der Waals surface area contributed by atoms with E-state index >= 15 is 0 Å². The van der Waals surface area contributed by atoms with Crippen LogP contribution in [0.4, 0.5) is 0 Å². The van der Waals surface area contributed by atoms with Crippen molar-refractivity contribution in [2.45, 2.75) is 246 Å². The molecule has 0 N–H and O–H groups in total. The van der Waals surface area contributed by atoms with E-state index in [0.29, 0.717) is 49.4 Å². The lowest BCUT2D eigenvalue weighted by Crippen LogP contribution is -2.16. The van der Waals surface area contributed by atoms with Crippen LogP contribution in [-0.4, -0.2) is 36.7 Å². The first-order valence-corrected chi connectivity index (χ1v) is 24.1. The van der Waals surface area contributed by atoms with E-state index in [4.69, 9.17) is 9.47 Å². The highest BCUT2D eigenvalue weighted by molar-refractivity contribution is 7.99. The molecule has 0 radical (unpaired) electrons. The van der Waals surface area contributed by atoms with Crippen LogP contribution in [0.1, 0.15) is 246 Å². The molecule has 2 atom stereocenters. The fourth-order valence-corrected chi connectivity index (χ4v) is 7.99. The monoisotopic (exact) mass is 739 g/mol. The first kappa shape index (κ1) is 50.3. The highest BCUT2D eigenvalue weighted by Crippen LogP contribution is 2.22. The lowest BCUT2D eigenvalue weighted by Gasteiger charge is -2.17. The average Bonchev–Trinajstić information content (AvgIpc) is 3.13. The fraction of sp³-hybridized carbons (Fsp3) is 0.957. The smallest absolute Gasteiger partial charge is 0.306 e. The third-order valence-electron chi connectivity index (χ3n) is 10.7. The zero-order valence-electron chi connectivity index (χ0n) is 35.1. The molecule has 304 valence electrons. The summed E-state index contributed by atoms with van der Waals surface area (Å²) in [6, 6.07) is 0. The van der Waals surface area contributed by atoms with E-state index in [0.717, 1.165) is 0 Å². The second-order valence-electron chi connectivity index (χ2n) is 15.9. The third-order valence-corrected chi connectivity index (χ3v) is 11.7. The molecule has 0 bridgehead atoms. The molecular weight excluding hydrogens is 649 g/mol. The Morgan fingerprint density at radius 2 is 0.608 bits per heavy atom. The Kier molecular flexibility index (Phi) is 41.5. The van der Waals surface area contributed by atoms with Crippen molar-refractivity contribution in [3.05, 3.63) is 0 Å². The Morgan fingerprint density at radius 1 is 0.373 bits per heavy atom. The summed E-state index contributed by atoms with van der Waals surface area (Å²) in [6.45, 7) is 10.3. The Morgan fingerprint density at radius 3 is 0.863 bits per heavy atom. The molecule has 0 aromatic rings. The molecule has 0 amide bonds. The minimum Gasteiger partial charge on any atom is -0.465 e. The molecule has 4 nitrogen and oxygen atoms in total. The first-order valence-electron chi connectivity index (χ1n) is 23.0. The molecule has 0 fully saturated rings. The minimum absolute atomic E-state index is 0.0764. The highest BCUT2D eigenvalue weighted by atomic mass is 32.2. The second-order valence-corrected chi connectivity index (χ2v) is 17.1. The van der Waals surface area contributed by atoms with Crippen LogP contribution in [0.2, 0.25) is 0 Å². The number of hydrogen-bond donors (Lipinski definition) is 0. The Labute approximate surface area is 324 Å². The standard InChI is InChI=1S/C46H90O4S/c1-5-9-13-17-21-23-27-31-35-43(33-29-25-19-15-11-7-3)41-49-45(47)37-39-51-40-38-46(48)50-42-44(34-30-26-20-16-12-8-4)36-32-28-24-22-18-14-10-6-2/h43-44H,5-42H2,1-4H3. The maximum atomic E-state index is 12.6. The number of carbonyl (C=O) groups is 2. The van der Waals surface area contributed by atoms with Crippen molar-refractivity contribution in [2.24, 2.45) is 11.8 Å². The van der Waals surface area contributed by atoms with Gasteiger partial charge in [-0.2, -0.15) is 11.8 Å². The predicted octanol–water partition coefficient (Wildman–Crippen LogP) is 15.4. The van der Waals surface area contributed by atoms with Crippen molar-refractivity contribution in [3.63, 3.8) is 0 Å². The molecule has 0 aromatic carbocycles. The summed E-state index contributed by atoms with van der Waals surface area (Å²) in [5.74, 6) is 2.28. The molecule has 51 heavy (non-hydrogen) atoms. The molecule has 2 unspecified atom stereocenters. The molecule has 0 spiro atoms. The van der Waals surface area contributed by atoms with Crippen LogP contribution in [0.5, 0.6) is 0 Å². The molecule has 0 aromatic heterocycles. The van der Waals surface area contributed by atoms with Crippen molar-refractivity contribution in [1.82, 2.24) is 0 Å². The maximum absolute atomic E-state index is 12.6. The Hall–Kier alpha value is -0.710. The van der Waals surface area contributed by atoms with Gasteiger partial charge in [-0.15, -0.1) is 0 Å². The fourth-order valence-electron chi connectivity index (χ4n) is 7.16. The molecular formula is C46H90O4S. The van der Waals surface area contributed by atoms with Gasteiger partial charge in [0.2, 0.25) is 0 Å². The van der Waals surface area contributed by atoms with Crippen molar-refractivity contribution < 1.29 is 19.1 Å². The quantitative estimate of drug-likeness (QED) is 0.0461. The second kappa shape index (κ2) is 42.0. The maximum Gasteiger partial charge on any atom is 0.306 e. The molecule has 0 saturated heterocycles. The van der Waals surface area contributed by atoms with Crippen LogP contribution in [0.25, 0.3) is 0 Å². The summed E-state index contributed by atoms with van der Waals surface area (Å²) in [4.78, 5) is 25.2. The van der Waals surface area contributed by atoms with Gasteiger partial charge in [0, 0.05) is 11.5 Å². The molecule has 0 rings (SSSR count). The van der Waals surface area contributed by atoms with Gasteiger partial charge in [0.05, 0.1) is 26.1 Å². The minimum atomic E-state index is -0.0764. The summed E-state index contributed by atoms with van der Waals surface area (Å²) in [7, 11) is 0. The largest absolute Gasteiger partial charge is 0.465 e. The van der Waals surface area contributed by atoms with E-state index in [1.807, 2.05) is 0 Å². The molecule has 0 aliphatic carbocycles. The lowest BCUT2D eigenvalue weighted by molar-refractivity contribution is -0.145. The van der Waals surface area contributed by atoms with E-state index in [9.17, 15) is 9.59 Å². The number of hydrogen-bond acceptors (Lipinski definition) is 5. The van der Waals surface area contributed by atoms with Gasteiger partial charge in [0.25, 0.3) is 0 Å². The van der Waals surface area contributed by atoms with Gasteiger partial charge in [-0.25, -0.2) is 0 Å². The Balaban J connectivity index is 4.32. The van der Waals surface area contributed by atoms with Gasteiger partial charge in [0.15, 0.2) is 0 Å². The summed E-state index contributed by atoms with van der Waals surface area (Å²) < 4.78 is 11.6. The van der Waals surface area contributed by atoms with Gasteiger partial charge < -0.3 is 9.47 Å². The van der Waals surface area contributed by atoms with Gasteiger partial charge in [-0.05, 0) is 37.5 Å². The van der Waals surface area contributed by atoms with Crippen molar-refractivity contribution >= 4 is 23.7 Å². The number of unbranched alkanes of at least 4 members (excludes halogenated alkanes) is 24. The van der Waals surface area contributed by atoms with E-state index < -0.39 is 0 Å². The third kappa shape index (κ3) is 38.8. The van der Waals surface area contributed by atoms with Crippen LogP contribution in [0.15, 0.2) is 0 Å². The van der Waals surface area contributed by atoms with Crippen LogP contribution in [-0.2, 0) is 19.1 Å². The van der Waals surface area contributed by atoms with Crippen LogP contribution in [0, 0.1) is 11.8 Å². The predicted molar refractivity (Wildman–Crippen MR) is 226 cm³/mol. The summed E-state index contributed by atoms with van der Waals surface area (Å²) in [6.07, 6.45) is 42.8. The first-order chi connectivity index (χ1) is 25.1.